The third-order valence-electron chi connectivity index (χ3n) is 2.37. The molecule has 90 valence electrons. The van der Waals surface area contributed by atoms with Gasteiger partial charge >= 0.3 is 5.97 Å². The second-order valence-corrected chi connectivity index (χ2v) is 4.80. The van der Waals surface area contributed by atoms with Crippen LogP contribution in [0, 0.1) is 0 Å². The Morgan fingerprint density at radius 2 is 2.35 bits per heavy atom. The molecular formula is C11H11NO4S. The number of hydrogen-bond donors (Lipinski definition) is 2. The molecule has 0 spiro atoms. The average molecular weight is 253 g/mol. The number of rotatable bonds is 3. The van der Waals surface area contributed by atoms with Crippen LogP contribution in [-0.4, -0.2) is 29.3 Å². The predicted molar refractivity (Wildman–Crippen MR) is 63.5 cm³/mol. The van der Waals surface area contributed by atoms with E-state index in [9.17, 15) is 9.59 Å². The van der Waals surface area contributed by atoms with Crippen molar-refractivity contribution >= 4 is 29.3 Å². The Labute approximate surface area is 102 Å². The molecule has 1 heterocycles. The summed E-state index contributed by atoms with van der Waals surface area (Å²) in [6.07, 6.45) is -0.179. The van der Waals surface area contributed by atoms with Gasteiger partial charge in [0, 0.05) is 11.0 Å². The van der Waals surface area contributed by atoms with E-state index in [0.717, 1.165) is 4.90 Å². The first-order chi connectivity index (χ1) is 8.10. The number of carbonyl (C=O) groups is 2. The largest absolute Gasteiger partial charge is 0.497 e. The van der Waals surface area contributed by atoms with Gasteiger partial charge in [-0.05, 0) is 12.1 Å². The fourth-order valence-corrected chi connectivity index (χ4v) is 2.63. The average Bonchev–Trinajstić information content (AvgIpc) is 2.29. The van der Waals surface area contributed by atoms with Crippen molar-refractivity contribution in [3.05, 3.63) is 18.2 Å². The molecule has 0 saturated carbocycles. The molecule has 6 heteroatoms. The number of ether oxygens (including phenoxy) is 1. The fourth-order valence-electron chi connectivity index (χ4n) is 1.55. The Morgan fingerprint density at radius 3 is 3.00 bits per heavy atom. The van der Waals surface area contributed by atoms with E-state index < -0.39 is 11.2 Å². The molecule has 1 aliphatic heterocycles. The highest BCUT2D eigenvalue weighted by molar-refractivity contribution is 8.01. The van der Waals surface area contributed by atoms with Crippen molar-refractivity contribution in [2.75, 3.05) is 12.4 Å². The van der Waals surface area contributed by atoms with Gasteiger partial charge < -0.3 is 15.2 Å². The smallest absolute Gasteiger partial charge is 0.305 e. The van der Waals surface area contributed by atoms with E-state index in [1.165, 1.54) is 11.8 Å². The summed E-state index contributed by atoms with van der Waals surface area (Å²) in [5.74, 6) is -0.603. The highest BCUT2D eigenvalue weighted by Crippen LogP contribution is 2.38. The van der Waals surface area contributed by atoms with Crippen LogP contribution in [0.15, 0.2) is 23.1 Å². The summed E-state index contributed by atoms with van der Waals surface area (Å²) in [4.78, 5) is 23.1. The zero-order valence-corrected chi connectivity index (χ0v) is 9.91. The Balaban J connectivity index is 2.23. The summed E-state index contributed by atoms with van der Waals surface area (Å²) in [7, 11) is 1.55. The number of carboxylic acid groups (broad SMARTS) is 1. The van der Waals surface area contributed by atoms with E-state index in [1.54, 1.807) is 19.2 Å². The van der Waals surface area contributed by atoms with E-state index in [-0.39, 0.29) is 12.3 Å². The molecule has 0 bridgehead atoms. The minimum atomic E-state index is -0.977. The van der Waals surface area contributed by atoms with Gasteiger partial charge in [-0.1, -0.05) is 0 Å². The van der Waals surface area contributed by atoms with Gasteiger partial charge in [0.15, 0.2) is 0 Å². The van der Waals surface area contributed by atoms with E-state index in [1.807, 2.05) is 6.07 Å². The Bertz CT molecular complexity index is 475. The first kappa shape index (κ1) is 11.8. The number of nitrogens with one attached hydrogen (secondary N) is 1. The normalized spacial score (nSPS) is 18.2. The molecule has 1 atom stereocenters. The summed E-state index contributed by atoms with van der Waals surface area (Å²) in [5.41, 5.74) is 0.668. The van der Waals surface area contributed by atoms with E-state index in [0.29, 0.717) is 11.4 Å². The topological polar surface area (TPSA) is 75.6 Å². The monoisotopic (exact) mass is 253 g/mol. The minimum absolute atomic E-state index is 0.179. The molecule has 17 heavy (non-hydrogen) atoms. The van der Waals surface area contributed by atoms with Crippen LogP contribution in [0.5, 0.6) is 5.75 Å². The number of fused-ring (bicyclic) bond motifs is 1. The lowest BCUT2D eigenvalue weighted by molar-refractivity contribution is -0.138. The number of methoxy groups -OCH3 is 1. The quantitative estimate of drug-likeness (QED) is 0.855. The maximum Gasteiger partial charge on any atom is 0.305 e. The third-order valence-corrected chi connectivity index (χ3v) is 3.64. The number of hydrogen-bond acceptors (Lipinski definition) is 4. The standard InChI is InChI=1S/C11H11NO4S/c1-16-6-2-3-8-7(4-6)12-11(15)9(17-8)5-10(13)14/h2-4,9H,5H2,1H3,(H,12,15)(H,13,14). The molecule has 0 saturated heterocycles. The number of aliphatic carboxylic acids is 1. The van der Waals surface area contributed by atoms with Crippen molar-refractivity contribution in [1.29, 1.82) is 0 Å². The zero-order valence-electron chi connectivity index (χ0n) is 9.10. The van der Waals surface area contributed by atoms with Gasteiger partial charge in [-0.2, -0.15) is 0 Å². The fraction of sp³-hybridized carbons (Fsp3) is 0.273. The Kier molecular flexibility index (Phi) is 3.23. The van der Waals surface area contributed by atoms with Crippen LogP contribution in [0.4, 0.5) is 5.69 Å². The number of amides is 1. The summed E-state index contributed by atoms with van der Waals surface area (Å²) in [6, 6.07) is 5.31. The van der Waals surface area contributed by atoms with Crippen LogP contribution < -0.4 is 10.1 Å². The Morgan fingerprint density at radius 1 is 1.59 bits per heavy atom. The molecule has 1 amide bonds. The maximum absolute atomic E-state index is 11.7. The van der Waals surface area contributed by atoms with Crippen molar-refractivity contribution in [3.8, 4) is 5.75 Å². The lowest BCUT2D eigenvalue weighted by Gasteiger charge is -2.23. The molecular weight excluding hydrogens is 242 g/mol. The van der Waals surface area contributed by atoms with Gasteiger partial charge in [0.1, 0.15) is 5.75 Å². The van der Waals surface area contributed by atoms with Crippen molar-refractivity contribution in [2.24, 2.45) is 0 Å². The SMILES string of the molecule is COc1ccc2c(c1)NC(=O)C(CC(=O)O)S2. The molecule has 0 aliphatic carbocycles. The van der Waals surface area contributed by atoms with Gasteiger partial charge in [0.05, 0.1) is 24.5 Å². The van der Waals surface area contributed by atoms with Crippen LogP contribution in [0.1, 0.15) is 6.42 Å². The van der Waals surface area contributed by atoms with Crippen molar-refractivity contribution in [1.82, 2.24) is 0 Å². The van der Waals surface area contributed by atoms with Crippen molar-refractivity contribution in [2.45, 2.75) is 16.6 Å². The van der Waals surface area contributed by atoms with E-state index >= 15 is 0 Å². The summed E-state index contributed by atoms with van der Waals surface area (Å²) >= 11 is 1.26. The molecule has 5 nitrogen and oxygen atoms in total. The molecule has 1 aromatic rings. The molecule has 2 rings (SSSR count). The first-order valence-electron chi connectivity index (χ1n) is 4.97. The second-order valence-electron chi connectivity index (χ2n) is 3.56. The van der Waals surface area contributed by atoms with Gasteiger partial charge in [-0.25, -0.2) is 0 Å². The number of benzene rings is 1. The van der Waals surface area contributed by atoms with E-state index in [2.05, 4.69) is 5.32 Å². The number of carbonyl (C=O) groups excluding carboxylic acids is 1. The number of anilines is 1. The third kappa shape index (κ3) is 2.52. The van der Waals surface area contributed by atoms with Gasteiger partial charge in [0.2, 0.25) is 5.91 Å². The minimum Gasteiger partial charge on any atom is -0.497 e. The Hall–Kier alpha value is -1.69. The van der Waals surface area contributed by atoms with Crippen molar-refractivity contribution < 1.29 is 19.4 Å². The van der Waals surface area contributed by atoms with Gasteiger partial charge in [-0.15, -0.1) is 11.8 Å². The first-order valence-corrected chi connectivity index (χ1v) is 5.85. The maximum atomic E-state index is 11.7. The molecule has 1 aromatic carbocycles. The highest BCUT2D eigenvalue weighted by atomic mass is 32.2. The predicted octanol–water partition coefficient (Wildman–Crippen LogP) is 1.58. The second kappa shape index (κ2) is 4.67. The lowest BCUT2D eigenvalue weighted by atomic mass is 10.2. The molecule has 0 fully saturated rings. The summed E-state index contributed by atoms with van der Waals surface area (Å²) < 4.78 is 5.05. The highest BCUT2D eigenvalue weighted by Gasteiger charge is 2.29. The lowest BCUT2D eigenvalue weighted by Crippen LogP contribution is -2.30. The number of thioether (sulfide) groups is 1. The van der Waals surface area contributed by atoms with Crippen molar-refractivity contribution in [3.63, 3.8) is 0 Å². The molecule has 1 unspecified atom stereocenters. The van der Waals surface area contributed by atoms with Crippen LogP contribution in [0.3, 0.4) is 0 Å². The summed E-state index contributed by atoms with van der Waals surface area (Å²) in [6.45, 7) is 0. The zero-order chi connectivity index (χ0) is 12.4. The van der Waals surface area contributed by atoms with E-state index in [4.69, 9.17) is 9.84 Å². The van der Waals surface area contributed by atoms with Crippen LogP contribution in [-0.2, 0) is 9.59 Å². The van der Waals surface area contributed by atoms with Gasteiger partial charge in [0.25, 0.3) is 0 Å². The molecule has 2 N–H and O–H groups in total. The summed E-state index contributed by atoms with van der Waals surface area (Å²) in [5, 5.41) is 10.8. The van der Waals surface area contributed by atoms with Crippen LogP contribution >= 0.6 is 11.8 Å². The molecule has 0 radical (unpaired) electrons. The molecule has 0 aromatic heterocycles. The van der Waals surface area contributed by atoms with Gasteiger partial charge in [-0.3, -0.25) is 9.59 Å². The number of carboxylic acids is 1. The van der Waals surface area contributed by atoms with Crippen LogP contribution in [0.2, 0.25) is 0 Å². The van der Waals surface area contributed by atoms with Crippen LogP contribution in [0.25, 0.3) is 0 Å². The molecule has 1 aliphatic rings.